The van der Waals surface area contributed by atoms with Crippen LogP contribution in [-0.4, -0.2) is 26.3 Å². The fourth-order valence-electron chi connectivity index (χ4n) is 2.47. The van der Waals surface area contributed by atoms with Crippen molar-refractivity contribution in [2.24, 2.45) is 0 Å². The Morgan fingerprint density at radius 3 is 2.84 bits per heavy atom. The van der Waals surface area contributed by atoms with Crippen LogP contribution >= 0.6 is 15.9 Å². The first-order valence-electron chi connectivity index (χ1n) is 7.00. The summed E-state index contributed by atoms with van der Waals surface area (Å²) >= 11 is 3.49. The second-order valence-electron chi connectivity index (χ2n) is 4.91. The van der Waals surface area contributed by atoms with Crippen molar-refractivity contribution in [3.63, 3.8) is 0 Å². The van der Waals surface area contributed by atoms with Crippen LogP contribution in [0.1, 0.15) is 32.1 Å². The van der Waals surface area contributed by atoms with Gasteiger partial charge < -0.3 is 14.8 Å². The lowest BCUT2D eigenvalue weighted by atomic mass is 10.2. The summed E-state index contributed by atoms with van der Waals surface area (Å²) in [6, 6.07) is 6.56. The van der Waals surface area contributed by atoms with E-state index >= 15 is 0 Å². The van der Waals surface area contributed by atoms with Crippen molar-refractivity contribution >= 4 is 15.9 Å². The highest BCUT2D eigenvalue weighted by molar-refractivity contribution is 9.10. The molecule has 19 heavy (non-hydrogen) atoms. The summed E-state index contributed by atoms with van der Waals surface area (Å²) in [6.07, 6.45) is 6.43. The van der Waals surface area contributed by atoms with Crippen molar-refractivity contribution < 1.29 is 9.47 Å². The molecule has 0 spiro atoms. The average molecular weight is 328 g/mol. The monoisotopic (exact) mass is 327 g/mol. The average Bonchev–Trinajstić information content (AvgIpc) is 2.93. The molecule has 0 radical (unpaired) electrons. The molecule has 0 amide bonds. The van der Waals surface area contributed by atoms with Crippen molar-refractivity contribution in [2.45, 2.75) is 38.1 Å². The molecular weight excluding hydrogens is 306 g/mol. The molecule has 0 heterocycles. The van der Waals surface area contributed by atoms with E-state index in [0.717, 1.165) is 35.0 Å². The van der Waals surface area contributed by atoms with Crippen molar-refractivity contribution in [3.05, 3.63) is 22.7 Å². The molecule has 1 aliphatic carbocycles. The van der Waals surface area contributed by atoms with Gasteiger partial charge >= 0.3 is 0 Å². The quantitative estimate of drug-likeness (QED) is 0.773. The Bertz CT molecular complexity index is 392. The Morgan fingerprint density at radius 1 is 1.32 bits per heavy atom. The highest BCUT2D eigenvalue weighted by Gasteiger charge is 2.13. The molecule has 1 aromatic rings. The second-order valence-corrected chi connectivity index (χ2v) is 5.76. The minimum atomic E-state index is 0.707. The molecule has 106 valence electrons. The van der Waals surface area contributed by atoms with Gasteiger partial charge in [-0.2, -0.15) is 0 Å². The van der Waals surface area contributed by atoms with E-state index in [1.54, 1.807) is 7.11 Å². The van der Waals surface area contributed by atoms with E-state index in [0.29, 0.717) is 6.61 Å². The number of hydrogen-bond donors (Lipinski definition) is 1. The number of rotatable bonds is 7. The van der Waals surface area contributed by atoms with Crippen molar-refractivity contribution in [1.29, 1.82) is 0 Å². The SMILES string of the molecule is COc1cccc(Br)c1OCCCNC1CCCC1. The summed E-state index contributed by atoms with van der Waals surface area (Å²) in [5.74, 6) is 1.57. The van der Waals surface area contributed by atoms with Gasteiger partial charge in [0, 0.05) is 6.04 Å². The maximum absolute atomic E-state index is 5.81. The van der Waals surface area contributed by atoms with Gasteiger partial charge in [-0.3, -0.25) is 0 Å². The lowest BCUT2D eigenvalue weighted by Gasteiger charge is -2.14. The predicted octanol–water partition coefficient (Wildman–Crippen LogP) is 3.76. The molecule has 3 nitrogen and oxygen atoms in total. The summed E-state index contributed by atoms with van der Waals surface area (Å²) in [7, 11) is 1.66. The first-order chi connectivity index (χ1) is 9.31. The van der Waals surface area contributed by atoms with E-state index < -0.39 is 0 Å². The minimum absolute atomic E-state index is 0.707. The molecule has 1 aliphatic rings. The van der Waals surface area contributed by atoms with Crippen LogP contribution in [0.15, 0.2) is 22.7 Å². The van der Waals surface area contributed by atoms with E-state index in [2.05, 4.69) is 21.2 Å². The molecule has 0 aliphatic heterocycles. The Morgan fingerprint density at radius 2 is 2.11 bits per heavy atom. The maximum Gasteiger partial charge on any atom is 0.175 e. The molecule has 4 heteroatoms. The zero-order valence-electron chi connectivity index (χ0n) is 11.5. The van der Waals surface area contributed by atoms with Crippen LogP contribution in [0.4, 0.5) is 0 Å². The molecule has 0 atom stereocenters. The van der Waals surface area contributed by atoms with Crippen molar-refractivity contribution in [1.82, 2.24) is 5.32 Å². The van der Waals surface area contributed by atoms with Gasteiger partial charge in [0.25, 0.3) is 0 Å². The molecule has 1 fully saturated rings. The molecule has 0 unspecified atom stereocenters. The maximum atomic E-state index is 5.81. The Hall–Kier alpha value is -0.740. The summed E-state index contributed by atoms with van der Waals surface area (Å²) in [4.78, 5) is 0. The third-order valence-electron chi connectivity index (χ3n) is 3.51. The highest BCUT2D eigenvalue weighted by atomic mass is 79.9. The topological polar surface area (TPSA) is 30.5 Å². The third kappa shape index (κ3) is 4.39. The summed E-state index contributed by atoms with van der Waals surface area (Å²) in [6.45, 7) is 1.73. The Balaban J connectivity index is 1.70. The van der Waals surface area contributed by atoms with Gasteiger partial charge in [0.2, 0.25) is 0 Å². The van der Waals surface area contributed by atoms with Crippen LogP contribution in [0.2, 0.25) is 0 Å². The molecule has 0 saturated heterocycles. The Kier molecular flexibility index (Phi) is 5.98. The smallest absolute Gasteiger partial charge is 0.175 e. The lowest BCUT2D eigenvalue weighted by molar-refractivity contribution is 0.283. The van der Waals surface area contributed by atoms with Gasteiger partial charge in [0.1, 0.15) is 0 Å². The third-order valence-corrected chi connectivity index (χ3v) is 4.13. The fourth-order valence-corrected chi connectivity index (χ4v) is 2.93. The molecule has 1 N–H and O–H groups in total. The van der Waals surface area contributed by atoms with E-state index in [1.165, 1.54) is 25.7 Å². The van der Waals surface area contributed by atoms with Crippen LogP contribution in [0.5, 0.6) is 11.5 Å². The predicted molar refractivity (Wildman–Crippen MR) is 81.1 cm³/mol. The van der Waals surface area contributed by atoms with Crippen LogP contribution in [0.3, 0.4) is 0 Å². The number of methoxy groups -OCH3 is 1. The number of halogens is 1. The summed E-state index contributed by atoms with van der Waals surface area (Å²) in [5, 5.41) is 3.59. The highest BCUT2D eigenvalue weighted by Crippen LogP contribution is 2.34. The molecule has 1 aromatic carbocycles. The van der Waals surface area contributed by atoms with Gasteiger partial charge in [-0.1, -0.05) is 18.9 Å². The second kappa shape index (κ2) is 7.75. The largest absolute Gasteiger partial charge is 0.493 e. The standard InChI is InChI=1S/C15H22BrNO2/c1-18-14-9-4-8-13(16)15(14)19-11-5-10-17-12-6-2-3-7-12/h4,8-9,12,17H,2-3,5-7,10-11H2,1H3. The van der Waals surface area contributed by atoms with E-state index in [1.807, 2.05) is 18.2 Å². The van der Waals surface area contributed by atoms with Crippen LogP contribution in [0, 0.1) is 0 Å². The molecular formula is C15H22BrNO2. The molecule has 0 aromatic heterocycles. The normalized spacial score (nSPS) is 15.7. The van der Waals surface area contributed by atoms with Crippen molar-refractivity contribution in [2.75, 3.05) is 20.3 Å². The van der Waals surface area contributed by atoms with Gasteiger partial charge in [-0.05, 0) is 53.9 Å². The lowest BCUT2D eigenvalue weighted by Crippen LogP contribution is -2.27. The molecule has 1 saturated carbocycles. The Labute approximate surface area is 123 Å². The first-order valence-corrected chi connectivity index (χ1v) is 7.79. The van der Waals surface area contributed by atoms with Gasteiger partial charge in [-0.15, -0.1) is 0 Å². The van der Waals surface area contributed by atoms with Crippen LogP contribution in [0.25, 0.3) is 0 Å². The number of nitrogens with one attached hydrogen (secondary N) is 1. The summed E-state index contributed by atoms with van der Waals surface area (Å²) in [5.41, 5.74) is 0. The van der Waals surface area contributed by atoms with E-state index in [-0.39, 0.29) is 0 Å². The number of para-hydroxylation sites is 1. The number of hydrogen-bond acceptors (Lipinski definition) is 3. The number of benzene rings is 1. The van der Waals surface area contributed by atoms with Gasteiger partial charge in [0.15, 0.2) is 11.5 Å². The van der Waals surface area contributed by atoms with Gasteiger partial charge in [0.05, 0.1) is 18.2 Å². The van der Waals surface area contributed by atoms with Gasteiger partial charge in [-0.25, -0.2) is 0 Å². The summed E-state index contributed by atoms with van der Waals surface area (Å²) < 4.78 is 12.0. The van der Waals surface area contributed by atoms with E-state index in [9.17, 15) is 0 Å². The first kappa shape index (κ1) is 14.7. The van der Waals surface area contributed by atoms with Crippen LogP contribution in [-0.2, 0) is 0 Å². The number of ether oxygens (including phenoxy) is 2. The van der Waals surface area contributed by atoms with Crippen LogP contribution < -0.4 is 14.8 Å². The van der Waals surface area contributed by atoms with E-state index in [4.69, 9.17) is 9.47 Å². The molecule has 2 rings (SSSR count). The van der Waals surface area contributed by atoms with Crippen molar-refractivity contribution in [3.8, 4) is 11.5 Å². The zero-order chi connectivity index (χ0) is 13.5. The zero-order valence-corrected chi connectivity index (χ0v) is 13.0. The fraction of sp³-hybridized carbons (Fsp3) is 0.600. The minimum Gasteiger partial charge on any atom is -0.493 e. The molecule has 0 bridgehead atoms.